The van der Waals surface area contributed by atoms with E-state index in [-0.39, 0.29) is 5.91 Å². The van der Waals surface area contributed by atoms with Gasteiger partial charge in [-0.2, -0.15) is 0 Å². The van der Waals surface area contributed by atoms with Crippen LogP contribution in [0, 0.1) is 11.8 Å². The van der Waals surface area contributed by atoms with Crippen LogP contribution in [0.3, 0.4) is 0 Å². The molecule has 0 saturated heterocycles. The Hall–Kier alpha value is -3.00. The van der Waals surface area contributed by atoms with Crippen molar-refractivity contribution in [2.75, 3.05) is 12.4 Å². The van der Waals surface area contributed by atoms with Gasteiger partial charge in [0.1, 0.15) is 23.0 Å². The van der Waals surface area contributed by atoms with Gasteiger partial charge in [0, 0.05) is 44.3 Å². The quantitative estimate of drug-likeness (QED) is 0.401. The Labute approximate surface area is 204 Å². The summed E-state index contributed by atoms with van der Waals surface area (Å²) in [4.78, 5) is 32.8. The van der Waals surface area contributed by atoms with Crippen LogP contribution < -0.4 is 15.4 Å². The van der Waals surface area contributed by atoms with E-state index in [0.717, 1.165) is 47.5 Å². The molecule has 0 aliphatic heterocycles. The lowest BCUT2D eigenvalue weighted by Crippen LogP contribution is -2.27. The van der Waals surface area contributed by atoms with Crippen LogP contribution in [0.1, 0.15) is 62.9 Å². The summed E-state index contributed by atoms with van der Waals surface area (Å²) in [5, 5.41) is 7.08. The number of carbonyl (C=O) groups is 2. The van der Waals surface area contributed by atoms with Gasteiger partial charge in [-0.25, -0.2) is 4.98 Å². The molecule has 2 heterocycles. The second-order valence-electron chi connectivity index (χ2n) is 9.41. The molecule has 4 rings (SSSR count). The van der Waals surface area contributed by atoms with Crippen molar-refractivity contribution in [3.8, 4) is 11.5 Å². The van der Waals surface area contributed by atoms with Crippen LogP contribution >= 0.6 is 11.3 Å². The first kappa shape index (κ1) is 24.1. The minimum absolute atomic E-state index is 0.254. The molecule has 3 aromatic rings. The molecule has 0 bridgehead atoms. The SMILES string of the molecule is CNC(=O)c1cc(Oc2ccc3nc(NC4CCC(CC(=O)CC(C)C)CC4)sc3c2)ccn1. The summed E-state index contributed by atoms with van der Waals surface area (Å²) in [7, 11) is 1.57. The normalized spacial score (nSPS) is 18.1. The van der Waals surface area contributed by atoms with E-state index in [9.17, 15) is 9.59 Å². The third-order valence-electron chi connectivity index (χ3n) is 6.11. The molecule has 7 nitrogen and oxygen atoms in total. The fraction of sp³-hybridized carbons (Fsp3) is 0.462. The van der Waals surface area contributed by atoms with Crippen LogP contribution in [-0.2, 0) is 4.79 Å². The number of hydrogen-bond acceptors (Lipinski definition) is 7. The highest BCUT2D eigenvalue weighted by atomic mass is 32.1. The maximum absolute atomic E-state index is 12.1. The molecular weight excluding hydrogens is 448 g/mol. The summed E-state index contributed by atoms with van der Waals surface area (Å²) < 4.78 is 6.99. The van der Waals surface area contributed by atoms with E-state index in [2.05, 4.69) is 29.5 Å². The number of fused-ring (bicyclic) bond motifs is 1. The van der Waals surface area contributed by atoms with Crippen LogP contribution in [0.5, 0.6) is 11.5 Å². The summed E-state index contributed by atoms with van der Waals surface area (Å²) in [6.45, 7) is 4.21. The molecule has 8 heteroatoms. The molecule has 0 atom stereocenters. The van der Waals surface area contributed by atoms with E-state index >= 15 is 0 Å². The van der Waals surface area contributed by atoms with E-state index in [1.165, 1.54) is 0 Å². The van der Waals surface area contributed by atoms with Crippen LogP contribution in [0.15, 0.2) is 36.5 Å². The third-order valence-corrected chi connectivity index (χ3v) is 7.06. The number of amides is 1. The number of aromatic nitrogens is 2. The molecule has 2 aromatic heterocycles. The molecule has 180 valence electrons. The van der Waals surface area contributed by atoms with Crippen LogP contribution in [-0.4, -0.2) is 34.7 Å². The summed E-state index contributed by atoms with van der Waals surface area (Å²) in [5.74, 6) is 2.36. The van der Waals surface area contributed by atoms with Crippen molar-refractivity contribution in [2.45, 2.75) is 58.4 Å². The summed E-state index contributed by atoms with van der Waals surface area (Å²) in [6, 6.07) is 9.54. The Morgan fingerprint density at radius 3 is 2.62 bits per heavy atom. The maximum atomic E-state index is 12.1. The first-order valence-corrected chi connectivity index (χ1v) is 12.8. The van der Waals surface area contributed by atoms with Gasteiger partial charge in [-0.15, -0.1) is 0 Å². The Kier molecular flexibility index (Phi) is 7.77. The zero-order valence-electron chi connectivity index (χ0n) is 20.0. The fourth-order valence-electron chi connectivity index (χ4n) is 4.44. The molecule has 1 aromatic carbocycles. The van der Waals surface area contributed by atoms with Gasteiger partial charge in [-0.1, -0.05) is 25.2 Å². The minimum Gasteiger partial charge on any atom is -0.457 e. The van der Waals surface area contributed by atoms with Crippen LogP contribution in [0.2, 0.25) is 0 Å². The molecule has 0 spiro atoms. The largest absolute Gasteiger partial charge is 0.457 e. The van der Waals surface area contributed by atoms with E-state index in [0.29, 0.717) is 47.3 Å². The second-order valence-corrected chi connectivity index (χ2v) is 10.4. The van der Waals surface area contributed by atoms with Crippen molar-refractivity contribution >= 4 is 38.4 Å². The first-order chi connectivity index (χ1) is 16.4. The van der Waals surface area contributed by atoms with Crippen LogP contribution in [0.4, 0.5) is 5.13 Å². The average Bonchev–Trinajstić information content (AvgIpc) is 3.21. The third kappa shape index (κ3) is 6.32. The van der Waals surface area contributed by atoms with E-state index in [1.807, 2.05) is 18.2 Å². The molecule has 0 radical (unpaired) electrons. The molecule has 1 amide bonds. The summed E-state index contributed by atoms with van der Waals surface area (Å²) in [5.41, 5.74) is 1.23. The predicted molar refractivity (Wildman–Crippen MR) is 136 cm³/mol. The molecule has 34 heavy (non-hydrogen) atoms. The number of nitrogens with zero attached hydrogens (tertiary/aromatic N) is 2. The van der Waals surface area contributed by atoms with Gasteiger partial charge in [0.05, 0.1) is 10.2 Å². The number of thiazole rings is 1. The van der Waals surface area contributed by atoms with Gasteiger partial charge < -0.3 is 15.4 Å². The van der Waals surface area contributed by atoms with E-state index < -0.39 is 0 Å². The van der Waals surface area contributed by atoms with Crippen molar-refractivity contribution in [1.29, 1.82) is 0 Å². The zero-order chi connectivity index (χ0) is 24.1. The highest BCUT2D eigenvalue weighted by Crippen LogP contribution is 2.34. The standard InChI is InChI=1S/C26H32N4O3S/c1-16(2)12-19(31)13-17-4-6-18(7-5-17)29-26-30-22-9-8-20(15-24(22)34-26)33-21-10-11-28-23(14-21)25(32)27-3/h8-11,14-18H,4-7,12-13H2,1-3H3,(H,27,32)(H,29,30). The zero-order valence-corrected chi connectivity index (χ0v) is 20.8. The fourth-order valence-corrected chi connectivity index (χ4v) is 5.41. The number of nitrogens with one attached hydrogen (secondary N) is 2. The number of Topliss-reactive ketones (excluding diaryl/α,β-unsaturated/α-hetero) is 1. The highest BCUT2D eigenvalue weighted by Gasteiger charge is 2.24. The highest BCUT2D eigenvalue weighted by molar-refractivity contribution is 7.22. The predicted octanol–water partition coefficient (Wildman–Crippen LogP) is 5.82. The minimum atomic E-state index is -0.254. The van der Waals surface area contributed by atoms with E-state index in [4.69, 9.17) is 9.72 Å². The van der Waals surface area contributed by atoms with Crippen molar-refractivity contribution in [3.63, 3.8) is 0 Å². The Morgan fingerprint density at radius 2 is 1.88 bits per heavy atom. The van der Waals surface area contributed by atoms with Gasteiger partial charge in [0.15, 0.2) is 5.13 Å². The van der Waals surface area contributed by atoms with Gasteiger partial charge >= 0.3 is 0 Å². The number of carbonyl (C=O) groups excluding carboxylic acids is 2. The number of ether oxygens (including phenoxy) is 1. The van der Waals surface area contributed by atoms with Crippen molar-refractivity contribution in [1.82, 2.24) is 15.3 Å². The second kappa shape index (κ2) is 11.0. The Balaban J connectivity index is 1.34. The smallest absolute Gasteiger partial charge is 0.269 e. The summed E-state index contributed by atoms with van der Waals surface area (Å²) in [6.07, 6.45) is 7.31. The number of anilines is 1. The number of hydrogen-bond donors (Lipinski definition) is 2. The molecule has 0 unspecified atom stereocenters. The molecule has 2 N–H and O–H groups in total. The van der Waals surface area contributed by atoms with Gasteiger partial charge in [0.2, 0.25) is 0 Å². The topological polar surface area (TPSA) is 93.2 Å². The maximum Gasteiger partial charge on any atom is 0.269 e. The first-order valence-electron chi connectivity index (χ1n) is 11.9. The molecule has 1 saturated carbocycles. The Morgan fingerprint density at radius 1 is 1.12 bits per heavy atom. The molecular formula is C26H32N4O3S. The van der Waals surface area contributed by atoms with Crippen LogP contribution in [0.25, 0.3) is 10.2 Å². The number of benzene rings is 1. The van der Waals surface area contributed by atoms with Crippen molar-refractivity contribution < 1.29 is 14.3 Å². The Bertz CT molecular complexity index is 1150. The lowest BCUT2D eigenvalue weighted by atomic mass is 9.82. The van der Waals surface area contributed by atoms with E-state index in [1.54, 1.807) is 36.7 Å². The summed E-state index contributed by atoms with van der Waals surface area (Å²) >= 11 is 1.61. The average molecular weight is 481 g/mol. The van der Waals surface area contributed by atoms with Gasteiger partial charge in [-0.05, 0) is 55.7 Å². The number of pyridine rings is 1. The molecule has 1 aliphatic carbocycles. The number of rotatable bonds is 9. The monoisotopic (exact) mass is 480 g/mol. The van der Waals surface area contributed by atoms with Crippen molar-refractivity contribution in [2.24, 2.45) is 11.8 Å². The van der Waals surface area contributed by atoms with Gasteiger partial charge in [-0.3, -0.25) is 14.6 Å². The lowest BCUT2D eigenvalue weighted by Gasteiger charge is -2.28. The van der Waals surface area contributed by atoms with Gasteiger partial charge in [0.25, 0.3) is 5.91 Å². The van der Waals surface area contributed by atoms with Crippen molar-refractivity contribution in [3.05, 3.63) is 42.2 Å². The molecule has 1 aliphatic rings. The lowest BCUT2D eigenvalue weighted by molar-refractivity contribution is -0.120. The molecule has 1 fully saturated rings. The number of ketones is 1.